The summed E-state index contributed by atoms with van der Waals surface area (Å²) in [5.41, 5.74) is 5.93. The SMILES string of the molecule is CN1C=CN2c3[c](ccc4c3oc3ccccc34)[Ir]345([c]6ccccc6N6C=CN(CCCN7C=CN(c8cccc[c]83)[CH]74)[CH]65)[CH]12. The van der Waals surface area contributed by atoms with E-state index in [0.717, 1.165) is 30.7 Å². The quantitative estimate of drug-likeness (QED) is 0.224. The van der Waals surface area contributed by atoms with E-state index in [9.17, 15) is 0 Å². The van der Waals surface area contributed by atoms with Gasteiger partial charge in [0.25, 0.3) is 0 Å². The molecule has 1 aromatic heterocycles. The Labute approximate surface area is 259 Å². The molecule has 8 heteroatoms. The molecule has 0 bridgehead atoms. The van der Waals surface area contributed by atoms with Gasteiger partial charge < -0.3 is 0 Å². The van der Waals surface area contributed by atoms with Crippen molar-refractivity contribution >= 4 is 51.2 Å². The second-order valence-electron chi connectivity index (χ2n) is 13.1. The summed E-state index contributed by atoms with van der Waals surface area (Å²) in [4.78, 5) is 16.1. The molecule has 45 heavy (non-hydrogen) atoms. The Morgan fingerprint density at radius 2 is 1.20 bits per heavy atom. The number of para-hydroxylation sites is 3. The monoisotopic (exact) mass is 769 g/mol. The number of benzene rings is 4. The molecule has 0 aliphatic carbocycles. The summed E-state index contributed by atoms with van der Waals surface area (Å²) in [5, 5.41) is 2.37. The number of hydrogen-bond acceptors (Lipinski definition) is 7. The van der Waals surface area contributed by atoms with Crippen LogP contribution < -0.4 is 26.9 Å². The van der Waals surface area contributed by atoms with E-state index in [2.05, 4.69) is 159 Å². The maximum absolute atomic E-state index is 6.98. The average molecular weight is 769 g/mol. The van der Waals surface area contributed by atoms with Gasteiger partial charge >= 0.3 is 261 Å². The van der Waals surface area contributed by atoms with Crippen molar-refractivity contribution in [2.45, 2.75) is 20.5 Å². The Kier molecular flexibility index (Phi) is 3.65. The molecular formula is C37H32IrN6O. The van der Waals surface area contributed by atoms with Crippen LogP contribution in [0.4, 0.5) is 17.1 Å². The molecule has 3 atom stereocenters. The summed E-state index contributed by atoms with van der Waals surface area (Å²) < 4.78 is 11.9. The van der Waals surface area contributed by atoms with Crippen LogP contribution in [0, 0.1) is 0 Å². The molecule has 4 aromatic carbocycles. The maximum atomic E-state index is 6.98. The van der Waals surface area contributed by atoms with E-state index in [1.54, 1.807) is 8.15 Å². The second kappa shape index (κ2) is 6.93. The first-order chi connectivity index (χ1) is 22.2. The van der Waals surface area contributed by atoms with Crippen LogP contribution in [0.2, 0.25) is 0 Å². The summed E-state index contributed by atoms with van der Waals surface area (Å²) in [6.07, 6.45) is 15.4. The van der Waals surface area contributed by atoms with Gasteiger partial charge in [0.15, 0.2) is 0 Å². The van der Waals surface area contributed by atoms with Crippen molar-refractivity contribution in [3.63, 3.8) is 0 Å². The minimum atomic E-state index is -5.56. The topological polar surface area (TPSA) is 32.6 Å². The number of fused-ring (bicyclic) bond motifs is 11. The predicted octanol–water partition coefficient (Wildman–Crippen LogP) is 4.79. The Balaban J connectivity index is 1.43. The van der Waals surface area contributed by atoms with Crippen LogP contribution in [-0.4, -0.2) is 48.9 Å². The summed E-state index contributed by atoms with van der Waals surface area (Å²) >= 11 is -5.56. The van der Waals surface area contributed by atoms with Crippen LogP contribution in [0.1, 0.15) is 6.42 Å². The third kappa shape index (κ3) is 1.89. The first kappa shape index (κ1) is 23.7. The Morgan fingerprint density at radius 3 is 1.91 bits per heavy atom. The van der Waals surface area contributed by atoms with E-state index in [-0.39, 0.29) is 14.0 Å². The van der Waals surface area contributed by atoms with Gasteiger partial charge in [0, 0.05) is 0 Å². The van der Waals surface area contributed by atoms with Crippen molar-refractivity contribution in [1.29, 1.82) is 0 Å². The van der Waals surface area contributed by atoms with Crippen molar-refractivity contribution in [1.82, 2.24) is 14.7 Å². The first-order valence-corrected chi connectivity index (χ1v) is 23.5. The van der Waals surface area contributed by atoms with Crippen LogP contribution in [0.25, 0.3) is 21.9 Å². The average Bonchev–Trinajstić information content (AvgIpc) is 3.91. The van der Waals surface area contributed by atoms with Gasteiger partial charge in [-0.2, -0.15) is 0 Å². The van der Waals surface area contributed by atoms with Crippen LogP contribution in [0.5, 0.6) is 0 Å². The van der Waals surface area contributed by atoms with Crippen molar-refractivity contribution in [2.75, 3.05) is 34.8 Å². The third-order valence-electron chi connectivity index (χ3n) is 11.4. The Hall–Kier alpha value is -4.65. The van der Waals surface area contributed by atoms with Gasteiger partial charge in [-0.05, 0) is 0 Å². The van der Waals surface area contributed by atoms with Crippen molar-refractivity contribution in [3.8, 4) is 0 Å². The fourth-order valence-corrected chi connectivity index (χ4v) is 45.6. The minimum absolute atomic E-state index is 0.0639. The predicted molar refractivity (Wildman–Crippen MR) is 178 cm³/mol. The zero-order valence-corrected chi connectivity index (χ0v) is 27.2. The molecule has 12 rings (SSSR count). The van der Waals surface area contributed by atoms with E-state index in [4.69, 9.17) is 4.42 Å². The molecule has 1 fully saturated rings. The molecule has 1 saturated heterocycles. The number of nitrogens with zero attached hydrogens (tertiary/aromatic N) is 6. The molecule has 0 radical (unpaired) electrons. The van der Waals surface area contributed by atoms with Gasteiger partial charge in [-0.25, -0.2) is 0 Å². The second-order valence-corrected chi connectivity index (χ2v) is 31.1. The van der Waals surface area contributed by atoms with E-state index in [1.165, 1.54) is 31.9 Å². The van der Waals surface area contributed by atoms with Gasteiger partial charge in [-0.15, -0.1) is 0 Å². The molecule has 0 amide bonds. The zero-order chi connectivity index (χ0) is 29.3. The molecule has 3 unspecified atom stereocenters. The molecule has 7 aliphatic heterocycles. The van der Waals surface area contributed by atoms with Gasteiger partial charge in [0.2, 0.25) is 0 Å². The zero-order valence-electron chi connectivity index (χ0n) is 24.8. The fourth-order valence-electron chi connectivity index (χ4n) is 10.2. The van der Waals surface area contributed by atoms with Crippen LogP contribution in [0.15, 0.2) is 127 Å². The standard InChI is InChI=1S/C21H20N4.C16H12N2O.Ir/c1-3-8-20(9-4-1)24-16-14-22(18-24)12-7-13-23-15-17-25(19-23)21-10-5-2-6-11-21;1-17-9-10-18(11-17)14-7-4-6-13-12-5-2-3-8-15(12)19-16(13)14;/h1-6,8,10,14-19H,7,12-13H2;2-6,8-11H,1H3;. The van der Waals surface area contributed by atoms with Crippen molar-refractivity contribution < 1.29 is 17.3 Å². The molecule has 5 aromatic rings. The van der Waals surface area contributed by atoms with Crippen LogP contribution in [0.3, 0.4) is 0 Å². The van der Waals surface area contributed by atoms with Gasteiger partial charge in [-0.1, -0.05) is 0 Å². The molecule has 0 N–H and O–H groups in total. The van der Waals surface area contributed by atoms with Crippen molar-refractivity contribution in [2.24, 2.45) is 0 Å². The normalized spacial score (nSPS) is 28.9. The fraction of sp³-hybridized carbons (Fsp3) is 0.189. The molecule has 1 spiro atoms. The summed E-state index contributed by atoms with van der Waals surface area (Å²) in [6, 6.07) is 32.5. The Morgan fingerprint density at radius 1 is 0.578 bits per heavy atom. The van der Waals surface area contributed by atoms with Crippen molar-refractivity contribution in [3.05, 3.63) is 122 Å². The molecule has 7 nitrogen and oxygen atoms in total. The molecule has 7 aliphatic rings. The Bertz CT molecular complexity index is 2240. The van der Waals surface area contributed by atoms with Gasteiger partial charge in [-0.3, -0.25) is 0 Å². The number of rotatable bonds is 0. The van der Waals surface area contributed by atoms with E-state index < -0.39 is 12.9 Å². The van der Waals surface area contributed by atoms with Crippen LogP contribution in [-0.2, 0) is 12.9 Å². The molecule has 8 heterocycles. The molecule has 225 valence electrons. The third-order valence-corrected chi connectivity index (χ3v) is 39.4. The van der Waals surface area contributed by atoms with Gasteiger partial charge in [0.1, 0.15) is 0 Å². The van der Waals surface area contributed by atoms with E-state index in [1.807, 2.05) is 0 Å². The molecular weight excluding hydrogens is 737 g/mol. The van der Waals surface area contributed by atoms with E-state index in [0.29, 0.717) is 0 Å². The number of anilines is 3. The summed E-state index contributed by atoms with van der Waals surface area (Å²) in [5.74, 6) is 0. The number of furan rings is 1. The van der Waals surface area contributed by atoms with E-state index >= 15 is 0 Å². The van der Waals surface area contributed by atoms with Gasteiger partial charge in [0.05, 0.1) is 0 Å². The summed E-state index contributed by atoms with van der Waals surface area (Å²) in [6.45, 7) is 2.03. The van der Waals surface area contributed by atoms with Crippen LogP contribution >= 0.6 is 0 Å². The summed E-state index contributed by atoms with van der Waals surface area (Å²) in [7, 11) is 2.33. The molecule has 0 saturated carbocycles. The first-order valence-electron chi connectivity index (χ1n) is 15.7. The number of hydrogen-bond donors (Lipinski definition) is 0.